The summed E-state index contributed by atoms with van der Waals surface area (Å²) in [5.41, 5.74) is -0.596. The second kappa shape index (κ2) is 9.04. The van der Waals surface area contributed by atoms with Crippen LogP contribution in [-0.4, -0.2) is 34.1 Å². The van der Waals surface area contributed by atoms with Gasteiger partial charge >= 0.3 is 11.9 Å². The lowest BCUT2D eigenvalue weighted by Crippen LogP contribution is -2.49. The molecule has 0 bridgehead atoms. The molecule has 1 unspecified atom stereocenters. The van der Waals surface area contributed by atoms with Gasteiger partial charge in [0.2, 0.25) is 5.91 Å². The monoisotopic (exact) mass is 341 g/mol. The summed E-state index contributed by atoms with van der Waals surface area (Å²) in [7, 11) is 0. The van der Waals surface area contributed by atoms with E-state index < -0.39 is 29.8 Å². The van der Waals surface area contributed by atoms with E-state index in [0.29, 0.717) is 11.8 Å². The highest BCUT2D eigenvalue weighted by Gasteiger charge is 2.39. The van der Waals surface area contributed by atoms with Gasteiger partial charge in [0.1, 0.15) is 6.04 Å². The van der Waals surface area contributed by atoms with Gasteiger partial charge in [-0.2, -0.15) is 0 Å². The number of rotatable bonds is 9. The summed E-state index contributed by atoms with van der Waals surface area (Å²) >= 11 is 0. The van der Waals surface area contributed by atoms with Crippen LogP contribution in [-0.2, 0) is 14.4 Å². The Morgan fingerprint density at radius 1 is 1.17 bits per heavy atom. The van der Waals surface area contributed by atoms with Gasteiger partial charge in [-0.05, 0) is 37.5 Å². The van der Waals surface area contributed by atoms with Gasteiger partial charge in [-0.3, -0.25) is 9.59 Å². The SMILES string of the molecule is CC(C)CCC[C@H]1CC[C@](C)(C(=O)NC(CC(=O)O)C(=O)O)CC1. The van der Waals surface area contributed by atoms with Crippen LogP contribution in [0.5, 0.6) is 0 Å². The van der Waals surface area contributed by atoms with Gasteiger partial charge in [-0.1, -0.05) is 40.0 Å². The molecule has 24 heavy (non-hydrogen) atoms. The van der Waals surface area contributed by atoms with Gasteiger partial charge in [0.05, 0.1) is 6.42 Å². The van der Waals surface area contributed by atoms with Crippen LogP contribution in [0.1, 0.15) is 72.1 Å². The zero-order valence-electron chi connectivity index (χ0n) is 15.0. The maximum Gasteiger partial charge on any atom is 0.326 e. The van der Waals surface area contributed by atoms with Crippen LogP contribution in [0.3, 0.4) is 0 Å². The molecule has 0 radical (unpaired) electrons. The third-order valence-corrected chi connectivity index (χ3v) is 5.13. The average molecular weight is 341 g/mol. The summed E-state index contributed by atoms with van der Waals surface area (Å²) in [5, 5.41) is 20.2. The summed E-state index contributed by atoms with van der Waals surface area (Å²) in [6, 6.07) is -1.37. The first-order valence-electron chi connectivity index (χ1n) is 8.89. The second-order valence-corrected chi connectivity index (χ2v) is 7.79. The number of carboxylic acids is 2. The number of nitrogens with one attached hydrogen (secondary N) is 1. The van der Waals surface area contributed by atoms with Crippen LogP contribution in [0.15, 0.2) is 0 Å². The smallest absolute Gasteiger partial charge is 0.326 e. The van der Waals surface area contributed by atoms with Gasteiger partial charge < -0.3 is 15.5 Å². The minimum atomic E-state index is -1.37. The molecule has 138 valence electrons. The van der Waals surface area contributed by atoms with Crippen LogP contribution >= 0.6 is 0 Å². The third kappa shape index (κ3) is 6.49. The summed E-state index contributed by atoms with van der Waals surface area (Å²) in [4.78, 5) is 34.3. The van der Waals surface area contributed by atoms with E-state index in [4.69, 9.17) is 10.2 Å². The summed E-state index contributed by atoms with van der Waals surface area (Å²) in [5.74, 6) is -1.53. The number of carbonyl (C=O) groups is 3. The first kappa shape index (κ1) is 20.5. The van der Waals surface area contributed by atoms with Crippen molar-refractivity contribution in [2.75, 3.05) is 0 Å². The maximum atomic E-state index is 12.5. The average Bonchev–Trinajstić information content (AvgIpc) is 2.47. The zero-order valence-corrected chi connectivity index (χ0v) is 15.0. The first-order valence-corrected chi connectivity index (χ1v) is 8.89. The molecule has 6 heteroatoms. The van der Waals surface area contributed by atoms with Crippen molar-refractivity contribution in [2.45, 2.75) is 78.2 Å². The van der Waals surface area contributed by atoms with Crippen molar-refractivity contribution in [3.63, 3.8) is 0 Å². The molecule has 1 amide bonds. The number of hydrogen-bond donors (Lipinski definition) is 3. The molecule has 0 aromatic rings. The molecule has 1 fully saturated rings. The Morgan fingerprint density at radius 2 is 1.75 bits per heavy atom. The van der Waals surface area contributed by atoms with E-state index in [1.807, 2.05) is 6.92 Å². The molecule has 0 aromatic heterocycles. The fourth-order valence-corrected chi connectivity index (χ4v) is 3.35. The lowest BCUT2D eigenvalue weighted by atomic mass is 9.70. The van der Waals surface area contributed by atoms with Crippen molar-refractivity contribution in [1.29, 1.82) is 0 Å². The molecule has 1 atom stereocenters. The Labute approximate surface area is 144 Å². The fourth-order valence-electron chi connectivity index (χ4n) is 3.35. The van der Waals surface area contributed by atoms with Gasteiger partial charge in [-0.25, -0.2) is 4.79 Å². The van der Waals surface area contributed by atoms with E-state index in [1.54, 1.807) is 0 Å². The van der Waals surface area contributed by atoms with Crippen molar-refractivity contribution >= 4 is 17.8 Å². The Hall–Kier alpha value is -1.59. The van der Waals surface area contributed by atoms with Crippen LogP contribution in [0.4, 0.5) is 0 Å². The Kier molecular flexibility index (Phi) is 7.70. The highest BCUT2D eigenvalue weighted by molar-refractivity contribution is 5.89. The normalized spacial score (nSPS) is 25.2. The van der Waals surface area contributed by atoms with Gasteiger partial charge in [0.15, 0.2) is 0 Å². The van der Waals surface area contributed by atoms with E-state index in [1.165, 1.54) is 19.3 Å². The lowest BCUT2D eigenvalue weighted by molar-refractivity contribution is -0.148. The van der Waals surface area contributed by atoms with E-state index in [2.05, 4.69) is 19.2 Å². The largest absolute Gasteiger partial charge is 0.481 e. The number of amides is 1. The topological polar surface area (TPSA) is 104 Å². The summed E-state index contributed by atoms with van der Waals surface area (Å²) < 4.78 is 0. The molecule has 0 spiro atoms. The van der Waals surface area contributed by atoms with Crippen LogP contribution in [0.2, 0.25) is 0 Å². The quantitative estimate of drug-likeness (QED) is 0.598. The van der Waals surface area contributed by atoms with Gasteiger partial charge in [0.25, 0.3) is 0 Å². The Bertz CT molecular complexity index is 452. The molecule has 0 aliphatic heterocycles. The summed E-state index contributed by atoms with van der Waals surface area (Å²) in [6.45, 7) is 6.29. The minimum Gasteiger partial charge on any atom is -0.481 e. The van der Waals surface area contributed by atoms with E-state index in [-0.39, 0.29) is 5.91 Å². The fraction of sp³-hybridized carbons (Fsp3) is 0.833. The van der Waals surface area contributed by atoms with E-state index >= 15 is 0 Å². The first-order chi connectivity index (χ1) is 11.1. The van der Waals surface area contributed by atoms with E-state index in [0.717, 1.165) is 25.7 Å². The van der Waals surface area contributed by atoms with Crippen molar-refractivity contribution in [2.24, 2.45) is 17.3 Å². The molecule has 1 aliphatic rings. The second-order valence-electron chi connectivity index (χ2n) is 7.79. The predicted octanol–water partition coefficient (Wildman–Crippen LogP) is 3.05. The van der Waals surface area contributed by atoms with Crippen molar-refractivity contribution in [1.82, 2.24) is 5.32 Å². The Balaban J connectivity index is 2.50. The Morgan fingerprint density at radius 3 is 2.21 bits per heavy atom. The van der Waals surface area contributed by atoms with Crippen LogP contribution < -0.4 is 5.32 Å². The molecular weight excluding hydrogens is 310 g/mol. The van der Waals surface area contributed by atoms with Gasteiger partial charge in [-0.15, -0.1) is 0 Å². The number of carboxylic acid groups (broad SMARTS) is 2. The minimum absolute atomic E-state index is 0.336. The van der Waals surface area contributed by atoms with Crippen LogP contribution in [0, 0.1) is 17.3 Å². The lowest BCUT2D eigenvalue weighted by Gasteiger charge is -2.36. The molecule has 3 N–H and O–H groups in total. The highest BCUT2D eigenvalue weighted by Crippen LogP contribution is 2.40. The third-order valence-electron chi connectivity index (χ3n) is 5.13. The number of aliphatic carboxylic acids is 2. The molecule has 1 saturated carbocycles. The highest BCUT2D eigenvalue weighted by atomic mass is 16.4. The molecule has 0 heterocycles. The van der Waals surface area contributed by atoms with Crippen molar-refractivity contribution in [3.05, 3.63) is 0 Å². The van der Waals surface area contributed by atoms with Crippen molar-refractivity contribution < 1.29 is 24.6 Å². The molecule has 1 rings (SSSR count). The number of carbonyl (C=O) groups excluding carboxylic acids is 1. The molecule has 6 nitrogen and oxygen atoms in total. The summed E-state index contributed by atoms with van der Waals surface area (Å²) in [6.07, 6.45) is 6.42. The van der Waals surface area contributed by atoms with Gasteiger partial charge in [0, 0.05) is 5.41 Å². The zero-order chi connectivity index (χ0) is 18.3. The van der Waals surface area contributed by atoms with Crippen molar-refractivity contribution in [3.8, 4) is 0 Å². The standard InChI is InChI=1S/C18H31NO5/c1-12(2)5-4-6-13-7-9-18(3,10-8-13)17(24)19-14(16(22)23)11-15(20)21/h12-14H,4-11H2,1-3H3,(H,19,24)(H,20,21)(H,22,23)/t13-,14?,18-. The van der Waals surface area contributed by atoms with E-state index in [9.17, 15) is 14.4 Å². The maximum absolute atomic E-state index is 12.5. The number of hydrogen-bond acceptors (Lipinski definition) is 3. The van der Waals surface area contributed by atoms with Crippen LogP contribution in [0.25, 0.3) is 0 Å². The molecule has 1 aliphatic carbocycles. The molecular formula is C18H31NO5. The molecule has 0 saturated heterocycles. The molecule has 0 aromatic carbocycles. The predicted molar refractivity (Wildman–Crippen MR) is 90.6 cm³/mol.